The highest BCUT2D eigenvalue weighted by Crippen LogP contribution is 2.21. The summed E-state index contributed by atoms with van der Waals surface area (Å²) in [5, 5.41) is 3.68. The third kappa shape index (κ3) is 4.47. The van der Waals surface area contributed by atoms with Gasteiger partial charge in [-0.15, -0.1) is 0 Å². The second kappa shape index (κ2) is 7.96. The molecule has 7 heteroatoms. The summed E-state index contributed by atoms with van der Waals surface area (Å²) in [7, 11) is 0. The van der Waals surface area contributed by atoms with Crippen LogP contribution in [0.1, 0.15) is 18.6 Å². The molecule has 1 aliphatic heterocycles. The average Bonchev–Trinajstić information content (AvgIpc) is 3.24. The van der Waals surface area contributed by atoms with Crippen LogP contribution >= 0.6 is 23.8 Å². The average molecular weight is 369 g/mol. The molecule has 0 bridgehead atoms. The van der Waals surface area contributed by atoms with E-state index in [0.717, 1.165) is 25.2 Å². The molecule has 24 heavy (non-hydrogen) atoms. The Balaban J connectivity index is 1.70. The highest BCUT2D eigenvalue weighted by molar-refractivity contribution is 7.80. The number of ether oxygens (including phenoxy) is 1. The molecule has 1 fully saturated rings. The fraction of sp³-hybridized carbons (Fsp3) is 0.353. The van der Waals surface area contributed by atoms with Crippen LogP contribution in [0.15, 0.2) is 41.0 Å². The van der Waals surface area contributed by atoms with Crippen LogP contribution in [0.25, 0.3) is 0 Å². The highest BCUT2D eigenvalue weighted by atomic mass is 35.5. The van der Waals surface area contributed by atoms with Gasteiger partial charge in [0.1, 0.15) is 11.6 Å². The van der Waals surface area contributed by atoms with E-state index in [4.69, 9.17) is 33.0 Å². The van der Waals surface area contributed by atoms with Crippen molar-refractivity contribution in [2.24, 2.45) is 0 Å². The first-order valence-corrected chi connectivity index (χ1v) is 8.55. The minimum Gasteiger partial charge on any atom is -0.467 e. The van der Waals surface area contributed by atoms with E-state index < -0.39 is 5.82 Å². The number of nitrogens with one attached hydrogen (secondary N) is 1. The van der Waals surface area contributed by atoms with Gasteiger partial charge in [0.2, 0.25) is 0 Å². The quantitative estimate of drug-likeness (QED) is 0.789. The molecule has 128 valence electrons. The first-order chi connectivity index (χ1) is 11.6. The zero-order valence-corrected chi connectivity index (χ0v) is 14.6. The van der Waals surface area contributed by atoms with Crippen molar-refractivity contribution in [2.45, 2.75) is 25.5 Å². The number of hydrogen-bond acceptors (Lipinski definition) is 3. The third-order valence-corrected chi connectivity index (χ3v) is 4.48. The van der Waals surface area contributed by atoms with Gasteiger partial charge in [0.25, 0.3) is 0 Å². The van der Waals surface area contributed by atoms with Gasteiger partial charge in [-0.05, 0) is 55.4 Å². The number of nitrogens with zero attached hydrogens (tertiary/aromatic N) is 1. The van der Waals surface area contributed by atoms with Gasteiger partial charge in [-0.25, -0.2) is 4.39 Å². The largest absolute Gasteiger partial charge is 0.467 e. The van der Waals surface area contributed by atoms with E-state index in [0.29, 0.717) is 23.9 Å². The molecule has 1 aromatic carbocycles. The summed E-state index contributed by atoms with van der Waals surface area (Å²) in [6.07, 6.45) is 3.86. The van der Waals surface area contributed by atoms with Gasteiger partial charge in [0.05, 0.1) is 23.9 Å². The molecule has 2 aromatic rings. The Labute approximate surface area is 150 Å². The smallest absolute Gasteiger partial charge is 0.173 e. The molecule has 1 atom stereocenters. The highest BCUT2D eigenvalue weighted by Gasteiger charge is 2.22. The van der Waals surface area contributed by atoms with E-state index >= 15 is 0 Å². The standard InChI is InChI=1S/C17H18ClFN2O2S/c18-15-9-12(5-6-16(15)19)20-17(24)21(10-13-3-1-7-22-13)11-14-4-2-8-23-14/h1,3,5-7,9,14H,2,4,8,10-11H2,(H,20,24). The van der Waals surface area contributed by atoms with E-state index in [9.17, 15) is 4.39 Å². The zero-order valence-electron chi connectivity index (χ0n) is 13.0. The molecule has 1 N–H and O–H groups in total. The van der Waals surface area contributed by atoms with Crippen LogP contribution in [0.2, 0.25) is 5.02 Å². The predicted octanol–water partition coefficient (Wildman–Crippen LogP) is 4.45. The number of halogens is 2. The van der Waals surface area contributed by atoms with Crippen molar-refractivity contribution < 1.29 is 13.5 Å². The lowest BCUT2D eigenvalue weighted by molar-refractivity contribution is 0.0892. The van der Waals surface area contributed by atoms with Crippen LogP contribution in [-0.4, -0.2) is 29.3 Å². The maximum atomic E-state index is 13.3. The fourth-order valence-corrected chi connectivity index (χ4v) is 3.06. The molecule has 1 aromatic heterocycles. The van der Waals surface area contributed by atoms with Crippen molar-refractivity contribution in [3.63, 3.8) is 0 Å². The van der Waals surface area contributed by atoms with Gasteiger partial charge in [-0.3, -0.25) is 0 Å². The molecule has 1 aliphatic rings. The van der Waals surface area contributed by atoms with Crippen LogP contribution in [-0.2, 0) is 11.3 Å². The Kier molecular flexibility index (Phi) is 5.71. The Morgan fingerprint density at radius 1 is 1.42 bits per heavy atom. The normalized spacial score (nSPS) is 17.0. The molecule has 0 amide bonds. The van der Waals surface area contributed by atoms with Crippen molar-refractivity contribution in [1.29, 1.82) is 0 Å². The monoisotopic (exact) mass is 368 g/mol. The number of anilines is 1. The van der Waals surface area contributed by atoms with E-state index in [-0.39, 0.29) is 11.1 Å². The summed E-state index contributed by atoms with van der Waals surface area (Å²) in [4.78, 5) is 1.99. The van der Waals surface area contributed by atoms with Gasteiger partial charge < -0.3 is 19.4 Å². The zero-order chi connectivity index (χ0) is 16.9. The Bertz CT molecular complexity index is 690. The molecule has 0 spiro atoms. The summed E-state index contributed by atoms with van der Waals surface area (Å²) >= 11 is 11.3. The molecular weight excluding hydrogens is 351 g/mol. The fourth-order valence-electron chi connectivity index (χ4n) is 2.62. The molecule has 0 saturated carbocycles. The van der Waals surface area contributed by atoms with Crippen molar-refractivity contribution >= 4 is 34.6 Å². The lowest BCUT2D eigenvalue weighted by Gasteiger charge is -2.27. The van der Waals surface area contributed by atoms with E-state index in [1.165, 1.54) is 12.1 Å². The number of furan rings is 1. The van der Waals surface area contributed by atoms with Crippen molar-refractivity contribution in [3.8, 4) is 0 Å². The first kappa shape index (κ1) is 17.2. The van der Waals surface area contributed by atoms with Gasteiger partial charge in [-0.2, -0.15) is 0 Å². The van der Waals surface area contributed by atoms with Crippen molar-refractivity contribution in [1.82, 2.24) is 4.90 Å². The number of hydrogen-bond donors (Lipinski definition) is 1. The molecule has 0 aliphatic carbocycles. The summed E-state index contributed by atoms with van der Waals surface area (Å²) < 4.78 is 24.4. The molecular formula is C17H18ClFN2O2S. The van der Waals surface area contributed by atoms with Crippen molar-refractivity contribution in [2.75, 3.05) is 18.5 Å². The lowest BCUT2D eigenvalue weighted by atomic mass is 10.2. The molecule has 4 nitrogen and oxygen atoms in total. The molecule has 2 heterocycles. The van der Waals surface area contributed by atoms with Crippen LogP contribution in [0, 0.1) is 5.82 Å². The van der Waals surface area contributed by atoms with Gasteiger partial charge in [0, 0.05) is 18.8 Å². The Morgan fingerprint density at radius 3 is 2.96 bits per heavy atom. The SMILES string of the molecule is Fc1ccc(NC(=S)N(Cc2ccco2)CC2CCCO2)cc1Cl. The number of thiocarbonyl (C=S) groups is 1. The second-order valence-corrected chi connectivity index (χ2v) is 6.45. The maximum Gasteiger partial charge on any atom is 0.173 e. The van der Waals surface area contributed by atoms with E-state index in [1.807, 2.05) is 17.0 Å². The molecule has 1 unspecified atom stereocenters. The van der Waals surface area contributed by atoms with Gasteiger partial charge in [0.15, 0.2) is 5.11 Å². The van der Waals surface area contributed by atoms with Crippen LogP contribution in [0.5, 0.6) is 0 Å². The van der Waals surface area contributed by atoms with Crippen LogP contribution < -0.4 is 5.32 Å². The van der Waals surface area contributed by atoms with Crippen LogP contribution in [0.3, 0.4) is 0 Å². The second-order valence-electron chi connectivity index (χ2n) is 5.65. The summed E-state index contributed by atoms with van der Waals surface area (Å²) in [6.45, 7) is 1.99. The van der Waals surface area contributed by atoms with E-state index in [1.54, 1.807) is 12.3 Å². The summed E-state index contributed by atoms with van der Waals surface area (Å²) in [6, 6.07) is 8.17. The topological polar surface area (TPSA) is 37.6 Å². The first-order valence-electron chi connectivity index (χ1n) is 7.77. The van der Waals surface area contributed by atoms with Crippen LogP contribution in [0.4, 0.5) is 10.1 Å². The van der Waals surface area contributed by atoms with Crippen molar-refractivity contribution in [3.05, 3.63) is 53.2 Å². The summed E-state index contributed by atoms with van der Waals surface area (Å²) in [5.41, 5.74) is 0.642. The molecule has 1 saturated heterocycles. The summed E-state index contributed by atoms with van der Waals surface area (Å²) in [5.74, 6) is 0.356. The number of rotatable bonds is 5. The minimum atomic E-state index is -0.458. The lowest BCUT2D eigenvalue weighted by Crippen LogP contribution is -2.39. The Hall–Kier alpha value is -1.63. The molecule has 0 radical (unpaired) electrons. The van der Waals surface area contributed by atoms with E-state index in [2.05, 4.69) is 5.32 Å². The van der Waals surface area contributed by atoms with Gasteiger partial charge >= 0.3 is 0 Å². The number of benzene rings is 1. The Morgan fingerprint density at radius 2 is 2.29 bits per heavy atom. The minimum absolute atomic E-state index is 0.0551. The third-order valence-electron chi connectivity index (χ3n) is 3.83. The molecule has 3 rings (SSSR count). The maximum absolute atomic E-state index is 13.3. The van der Waals surface area contributed by atoms with Gasteiger partial charge in [-0.1, -0.05) is 11.6 Å². The predicted molar refractivity (Wildman–Crippen MR) is 95.7 cm³/mol.